The molecule has 1 N–H and O–H groups in total. The molecule has 2 saturated heterocycles. The summed E-state index contributed by atoms with van der Waals surface area (Å²) in [5, 5.41) is 0.502. The van der Waals surface area contributed by atoms with Crippen molar-refractivity contribution in [2.24, 2.45) is 0 Å². The van der Waals surface area contributed by atoms with Crippen LogP contribution in [-0.2, 0) is 25.8 Å². The predicted molar refractivity (Wildman–Crippen MR) is 93.7 cm³/mol. The maximum Gasteiger partial charge on any atom is 0.216 e. The summed E-state index contributed by atoms with van der Waals surface area (Å²) in [6, 6.07) is 6.36. The number of rotatable bonds is 5. The zero-order chi connectivity index (χ0) is 17.5. The SMILES string of the molecule is CS(=O)(=O)N1C2CCC1CC(NS(=O)(=O)Cc1cccc(Cl)c1)C2. The van der Waals surface area contributed by atoms with Gasteiger partial charge in [-0.3, -0.25) is 0 Å². The van der Waals surface area contributed by atoms with Crippen LogP contribution in [0.3, 0.4) is 0 Å². The second kappa shape index (κ2) is 6.57. The van der Waals surface area contributed by atoms with Crippen LogP contribution in [0.25, 0.3) is 0 Å². The fourth-order valence-corrected chi connectivity index (χ4v) is 6.99. The summed E-state index contributed by atoms with van der Waals surface area (Å²) in [5.74, 6) is -0.130. The average molecular weight is 393 g/mol. The number of halogens is 1. The van der Waals surface area contributed by atoms with E-state index in [1.54, 1.807) is 28.6 Å². The van der Waals surface area contributed by atoms with Crippen molar-refractivity contribution in [2.75, 3.05) is 6.26 Å². The van der Waals surface area contributed by atoms with Crippen molar-refractivity contribution >= 4 is 31.6 Å². The molecule has 134 valence electrons. The molecular formula is C15H21ClN2O4S2. The first-order valence-electron chi connectivity index (χ1n) is 7.87. The van der Waals surface area contributed by atoms with Gasteiger partial charge in [0.1, 0.15) is 0 Å². The van der Waals surface area contributed by atoms with Gasteiger partial charge in [-0.15, -0.1) is 0 Å². The fourth-order valence-electron chi connectivity index (χ4n) is 3.91. The highest BCUT2D eigenvalue weighted by molar-refractivity contribution is 7.88. The molecule has 2 heterocycles. The van der Waals surface area contributed by atoms with E-state index in [2.05, 4.69) is 4.72 Å². The maximum atomic E-state index is 12.4. The fraction of sp³-hybridized carbons (Fsp3) is 0.600. The van der Waals surface area contributed by atoms with Crippen molar-refractivity contribution in [2.45, 2.75) is 49.6 Å². The lowest BCUT2D eigenvalue weighted by atomic mass is 10.0. The molecular weight excluding hydrogens is 372 g/mol. The van der Waals surface area contributed by atoms with Gasteiger partial charge >= 0.3 is 0 Å². The minimum atomic E-state index is -3.50. The second-order valence-corrected chi connectivity index (χ2v) is 10.7. The Morgan fingerprint density at radius 1 is 1.17 bits per heavy atom. The Morgan fingerprint density at radius 2 is 1.79 bits per heavy atom. The van der Waals surface area contributed by atoms with Crippen LogP contribution in [0.2, 0.25) is 5.02 Å². The highest BCUT2D eigenvalue weighted by Crippen LogP contribution is 2.37. The normalized spacial score (nSPS) is 28.2. The number of benzene rings is 1. The number of nitrogens with one attached hydrogen (secondary N) is 1. The minimum absolute atomic E-state index is 0.0994. The number of sulfonamides is 2. The van der Waals surface area contributed by atoms with E-state index >= 15 is 0 Å². The molecule has 2 aliphatic rings. The Bertz CT molecular complexity index is 812. The van der Waals surface area contributed by atoms with Crippen LogP contribution >= 0.6 is 11.6 Å². The Kier molecular flexibility index (Phi) is 4.96. The highest BCUT2D eigenvalue weighted by atomic mass is 35.5. The number of nitrogens with zero attached hydrogens (tertiary/aromatic N) is 1. The molecule has 0 spiro atoms. The number of hydrogen-bond donors (Lipinski definition) is 1. The molecule has 2 bridgehead atoms. The Hall–Kier alpha value is -0.670. The molecule has 0 amide bonds. The van der Waals surface area contributed by atoms with Crippen molar-refractivity contribution in [3.05, 3.63) is 34.9 Å². The van der Waals surface area contributed by atoms with Crippen LogP contribution in [0, 0.1) is 0 Å². The number of fused-ring (bicyclic) bond motifs is 2. The lowest BCUT2D eigenvalue weighted by Gasteiger charge is -2.37. The first-order valence-corrected chi connectivity index (χ1v) is 11.7. The van der Waals surface area contributed by atoms with Crippen molar-refractivity contribution in [1.82, 2.24) is 9.03 Å². The molecule has 2 atom stereocenters. The topological polar surface area (TPSA) is 83.6 Å². The van der Waals surface area contributed by atoms with Crippen LogP contribution in [0.5, 0.6) is 0 Å². The maximum absolute atomic E-state index is 12.4. The summed E-state index contributed by atoms with van der Waals surface area (Å²) in [7, 11) is -6.74. The predicted octanol–water partition coefficient (Wildman–Crippen LogP) is 1.71. The molecule has 2 unspecified atom stereocenters. The zero-order valence-electron chi connectivity index (χ0n) is 13.4. The lowest BCUT2D eigenvalue weighted by molar-refractivity contribution is 0.221. The van der Waals surface area contributed by atoms with Gasteiger partial charge in [0.05, 0.1) is 12.0 Å². The molecule has 2 fully saturated rings. The van der Waals surface area contributed by atoms with Gasteiger partial charge in [-0.05, 0) is 43.4 Å². The smallest absolute Gasteiger partial charge is 0.212 e. The summed E-state index contributed by atoms with van der Waals surface area (Å²) in [6.07, 6.45) is 3.87. The van der Waals surface area contributed by atoms with E-state index in [-0.39, 0.29) is 23.9 Å². The zero-order valence-corrected chi connectivity index (χ0v) is 15.7. The molecule has 0 aliphatic carbocycles. The summed E-state index contributed by atoms with van der Waals surface area (Å²) < 4.78 is 52.9. The largest absolute Gasteiger partial charge is 0.216 e. The molecule has 1 aromatic carbocycles. The molecule has 24 heavy (non-hydrogen) atoms. The Morgan fingerprint density at radius 3 is 2.33 bits per heavy atom. The van der Waals surface area contributed by atoms with Crippen molar-refractivity contribution < 1.29 is 16.8 Å². The van der Waals surface area contributed by atoms with Crippen LogP contribution in [0.1, 0.15) is 31.2 Å². The summed E-state index contributed by atoms with van der Waals surface area (Å²) in [5.41, 5.74) is 0.631. The average Bonchev–Trinajstić information content (AvgIpc) is 2.70. The van der Waals surface area contributed by atoms with Crippen molar-refractivity contribution in [3.8, 4) is 0 Å². The van der Waals surface area contributed by atoms with Gasteiger partial charge in [-0.25, -0.2) is 21.6 Å². The van der Waals surface area contributed by atoms with E-state index in [1.807, 2.05) is 0 Å². The quantitative estimate of drug-likeness (QED) is 0.826. The molecule has 1 aromatic rings. The number of piperidine rings is 1. The summed E-state index contributed by atoms with van der Waals surface area (Å²) in [6.45, 7) is 0. The highest BCUT2D eigenvalue weighted by Gasteiger charge is 2.45. The summed E-state index contributed by atoms with van der Waals surface area (Å²) >= 11 is 5.89. The van der Waals surface area contributed by atoms with Gasteiger partial charge in [0.15, 0.2) is 0 Å². The van der Waals surface area contributed by atoms with Gasteiger partial charge in [-0.2, -0.15) is 4.31 Å². The van der Waals surface area contributed by atoms with E-state index in [1.165, 1.54) is 6.26 Å². The standard InChI is InChI=1S/C15H21ClN2O4S2/c1-23(19,20)18-14-5-6-15(18)9-13(8-14)17-24(21,22)10-11-3-2-4-12(16)7-11/h2-4,7,13-15,17H,5-6,8-10H2,1H3. The van der Waals surface area contributed by atoms with Crippen molar-refractivity contribution in [1.29, 1.82) is 0 Å². The first kappa shape index (κ1) is 18.1. The van der Waals surface area contributed by atoms with Crippen molar-refractivity contribution in [3.63, 3.8) is 0 Å². The van der Waals surface area contributed by atoms with E-state index in [0.29, 0.717) is 23.4 Å². The van der Waals surface area contributed by atoms with Crippen LogP contribution in [-0.4, -0.2) is 45.5 Å². The van der Waals surface area contributed by atoms with Gasteiger partial charge in [-0.1, -0.05) is 23.7 Å². The molecule has 0 aromatic heterocycles. The summed E-state index contributed by atoms with van der Waals surface area (Å²) in [4.78, 5) is 0. The van der Waals surface area contributed by atoms with Gasteiger partial charge in [0, 0.05) is 23.1 Å². The van der Waals surface area contributed by atoms with E-state index in [4.69, 9.17) is 11.6 Å². The van der Waals surface area contributed by atoms with Gasteiger partial charge in [0.25, 0.3) is 0 Å². The Balaban J connectivity index is 1.67. The third kappa shape index (κ3) is 4.11. The molecule has 2 aliphatic heterocycles. The van der Waals surface area contributed by atoms with Gasteiger partial charge in [0.2, 0.25) is 20.0 Å². The van der Waals surface area contributed by atoms with E-state index < -0.39 is 20.0 Å². The molecule has 6 nitrogen and oxygen atoms in total. The van der Waals surface area contributed by atoms with Crippen LogP contribution < -0.4 is 4.72 Å². The third-order valence-corrected chi connectivity index (χ3v) is 7.64. The lowest BCUT2D eigenvalue weighted by Crippen LogP contribution is -2.52. The molecule has 9 heteroatoms. The van der Waals surface area contributed by atoms with E-state index in [9.17, 15) is 16.8 Å². The first-order chi connectivity index (χ1) is 11.1. The molecule has 3 rings (SSSR count). The third-order valence-electron chi connectivity index (χ3n) is 4.64. The Labute approximate surface area is 148 Å². The number of hydrogen-bond acceptors (Lipinski definition) is 4. The monoisotopic (exact) mass is 392 g/mol. The minimum Gasteiger partial charge on any atom is -0.212 e. The van der Waals surface area contributed by atoms with Crippen LogP contribution in [0.15, 0.2) is 24.3 Å². The molecule has 0 radical (unpaired) electrons. The molecule has 0 saturated carbocycles. The second-order valence-electron chi connectivity index (χ2n) is 6.65. The van der Waals surface area contributed by atoms with Crippen LogP contribution in [0.4, 0.5) is 0 Å². The van der Waals surface area contributed by atoms with E-state index in [0.717, 1.165) is 12.8 Å². The van der Waals surface area contributed by atoms with Gasteiger partial charge < -0.3 is 0 Å².